The van der Waals surface area contributed by atoms with E-state index in [1.54, 1.807) is 17.8 Å². The van der Waals surface area contributed by atoms with Gasteiger partial charge in [-0.2, -0.15) is 4.31 Å². The summed E-state index contributed by atoms with van der Waals surface area (Å²) in [4.78, 5) is 25.4. The highest BCUT2D eigenvalue weighted by Crippen LogP contribution is 2.20. The average Bonchev–Trinajstić information content (AvgIpc) is 2.78. The van der Waals surface area contributed by atoms with Crippen molar-refractivity contribution in [3.8, 4) is 0 Å². The highest BCUT2D eigenvalue weighted by Gasteiger charge is 2.27. The number of ether oxygens (including phenoxy) is 2. The predicted molar refractivity (Wildman–Crippen MR) is 113 cm³/mol. The van der Waals surface area contributed by atoms with Gasteiger partial charge in [0.25, 0.3) is 5.91 Å². The third-order valence-corrected chi connectivity index (χ3v) is 6.99. The second kappa shape index (κ2) is 10.1. The van der Waals surface area contributed by atoms with Crippen molar-refractivity contribution >= 4 is 39.3 Å². The normalized spacial score (nSPS) is 14.8. The monoisotopic (exact) mass is 450 g/mol. The molecule has 1 heterocycles. The van der Waals surface area contributed by atoms with Gasteiger partial charge in [0.1, 0.15) is 0 Å². The summed E-state index contributed by atoms with van der Waals surface area (Å²) in [5.74, 6) is -1.26. The quantitative estimate of drug-likeness (QED) is 0.510. The van der Waals surface area contributed by atoms with Gasteiger partial charge in [-0.3, -0.25) is 4.79 Å². The molecule has 1 N–H and O–H groups in total. The second-order valence-electron chi connectivity index (χ2n) is 6.40. The first-order chi connectivity index (χ1) is 14.4. The lowest BCUT2D eigenvalue weighted by atomic mass is 10.2. The maximum Gasteiger partial charge on any atom is 0.338 e. The van der Waals surface area contributed by atoms with Gasteiger partial charge < -0.3 is 14.8 Å². The van der Waals surface area contributed by atoms with Crippen molar-refractivity contribution in [2.75, 3.05) is 44.5 Å². The molecular weight excluding hydrogens is 428 g/mol. The van der Waals surface area contributed by atoms with E-state index in [-0.39, 0.29) is 23.5 Å². The number of hydrogen-bond acceptors (Lipinski definition) is 7. The Morgan fingerprint density at radius 3 is 2.60 bits per heavy atom. The predicted octanol–water partition coefficient (Wildman–Crippen LogP) is 2.22. The van der Waals surface area contributed by atoms with E-state index in [1.807, 2.05) is 24.5 Å². The molecule has 30 heavy (non-hydrogen) atoms. The van der Waals surface area contributed by atoms with Crippen LogP contribution in [0.3, 0.4) is 0 Å². The van der Waals surface area contributed by atoms with E-state index in [1.165, 1.54) is 28.6 Å². The Hall–Kier alpha value is -2.40. The molecule has 1 fully saturated rings. The van der Waals surface area contributed by atoms with Gasteiger partial charge in [-0.05, 0) is 42.7 Å². The van der Waals surface area contributed by atoms with Gasteiger partial charge in [0.05, 0.1) is 23.7 Å². The molecule has 1 aliphatic heterocycles. The third-order valence-electron chi connectivity index (χ3n) is 4.37. The fraction of sp³-hybridized carbons (Fsp3) is 0.300. The van der Waals surface area contributed by atoms with E-state index in [2.05, 4.69) is 5.32 Å². The molecule has 10 heteroatoms. The van der Waals surface area contributed by atoms with E-state index < -0.39 is 28.5 Å². The highest BCUT2D eigenvalue weighted by molar-refractivity contribution is 7.98. The topological polar surface area (TPSA) is 102 Å². The largest absolute Gasteiger partial charge is 0.452 e. The molecule has 1 saturated heterocycles. The number of nitrogens with one attached hydrogen (secondary N) is 1. The van der Waals surface area contributed by atoms with Crippen LogP contribution in [0.25, 0.3) is 0 Å². The molecular formula is C20H22N2O6S2. The summed E-state index contributed by atoms with van der Waals surface area (Å²) >= 11 is 1.54. The zero-order valence-electron chi connectivity index (χ0n) is 16.4. The maximum absolute atomic E-state index is 12.7. The smallest absolute Gasteiger partial charge is 0.338 e. The number of hydrogen-bond donors (Lipinski definition) is 1. The summed E-state index contributed by atoms with van der Waals surface area (Å²) in [6, 6.07) is 12.9. The Labute approximate surface area is 179 Å². The molecule has 0 saturated carbocycles. The van der Waals surface area contributed by atoms with Crippen LogP contribution in [0.2, 0.25) is 0 Å². The van der Waals surface area contributed by atoms with E-state index in [4.69, 9.17) is 9.47 Å². The standard InChI is InChI=1S/C20H22N2O6S2/c1-29-17-6-3-5-16(13-17)21-19(23)14-28-20(24)15-4-2-7-18(12-15)30(25,26)22-8-10-27-11-9-22/h2-7,12-13H,8-11,14H2,1H3,(H,21,23). The van der Waals surface area contributed by atoms with Crippen molar-refractivity contribution in [3.05, 3.63) is 54.1 Å². The molecule has 0 unspecified atom stereocenters. The van der Waals surface area contributed by atoms with E-state index in [9.17, 15) is 18.0 Å². The minimum Gasteiger partial charge on any atom is -0.452 e. The number of anilines is 1. The number of sulfonamides is 1. The third kappa shape index (κ3) is 5.60. The minimum atomic E-state index is -3.73. The van der Waals surface area contributed by atoms with Crippen LogP contribution in [0.1, 0.15) is 10.4 Å². The first-order valence-corrected chi connectivity index (χ1v) is 11.9. The molecule has 2 aromatic carbocycles. The molecule has 0 aliphatic carbocycles. The van der Waals surface area contributed by atoms with Crippen LogP contribution >= 0.6 is 11.8 Å². The van der Waals surface area contributed by atoms with Crippen LogP contribution in [0.5, 0.6) is 0 Å². The average molecular weight is 451 g/mol. The fourth-order valence-electron chi connectivity index (χ4n) is 2.83. The van der Waals surface area contributed by atoms with Gasteiger partial charge in [0.15, 0.2) is 6.61 Å². The minimum absolute atomic E-state index is 0.00261. The number of benzene rings is 2. The molecule has 1 amide bonds. The first-order valence-electron chi connectivity index (χ1n) is 9.19. The Kier molecular flexibility index (Phi) is 7.48. The van der Waals surface area contributed by atoms with Crippen LogP contribution in [0, 0.1) is 0 Å². The summed E-state index contributed by atoms with van der Waals surface area (Å²) in [6.45, 7) is 0.693. The van der Waals surface area contributed by atoms with Gasteiger partial charge in [-0.25, -0.2) is 13.2 Å². The SMILES string of the molecule is CSc1cccc(NC(=O)COC(=O)c2cccc(S(=O)(=O)N3CCOCC3)c2)c1. The zero-order valence-corrected chi connectivity index (χ0v) is 18.0. The van der Waals surface area contributed by atoms with E-state index in [0.29, 0.717) is 18.9 Å². The van der Waals surface area contributed by atoms with Crippen LogP contribution < -0.4 is 5.32 Å². The number of morpholine rings is 1. The van der Waals surface area contributed by atoms with Crippen LogP contribution in [-0.2, 0) is 24.3 Å². The van der Waals surface area contributed by atoms with Crippen molar-refractivity contribution in [2.24, 2.45) is 0 Å². The Morgan fingerprint density at radius 1 is 1.13 bits per heavy atom. The molecule has 0 atom stereocenters. The second-order valence-corrected chi connectivity index (χ2v) is 9.22. The number of amides is 1. The molecule has 0 spiro atoms. The Morgan fingerprint density at radius 2 is 1.87 bits per heavy atom. The molecule has 0 aromatic heterocycles. The Bertz CT molecular complexity index is 1020. The van der Waals surface area contributed by atoms with Crippen molar-refractivity contribution in [2.45, 2.75) is 9.79 Å². The number of carbonyl (C=O) groups is 2. The Balaban J connectivity index is 1.61. The van der Waals surface area contributed by atoms with Gasteiger partial charge in [0, 0.05) is 23.7 Å². The number of nitrogens with zero attached hydrogens (tertiary/aromatic N) is 1. The van der Waals surface area contributed by atoms with Gasteiger partial charge >= 0.3 is 5.97 Å². The summed E-state index contributed by atoms with van der Waals surface area (Å²) in [7, 11) is -3.73. The van der Waals surface area contributed by atoms with E-state index >= 15 is 0 Å². The molecule has 2 aromatic rings. The van der Waals surface area contributed by atoms with Gasteiger partial charge in [-0.15, -0.1) is 11.8 Å². The summed E-state index contributed by atoms with van der Waals surface area (Å²) in [5, 5.41) is 2.66. The van der Waals surface area contributed by atoms with Crippen LogP contribution in [-0.4, -0.2) is 63.8 Å². The van der Waals surface area contributed by atoms with Crippen LogP contribution in [0.4, 0.5) is 5.69 Å². The number of carbonyl (C=O) groups excluding carboxylic acids is 2. The number of rotatable bonds is 7. The van der Waals surface area contributed by atoms with Crippen LogP contribution in [0.15, 0.2) is 58.3 Å². The van der Waals surface area contributed by atoms with Gasteiger partial charge in [0.2, 0.25) is 10.0 Å². The lowest BCUT2D eigenvalue weighted by Crippen LogP contribution is -2.40. The summed E-state index contributed by atoms with van der Waals surface area (Å²) in [5.41, 5.74) is 0.656. The highest BCUT2D eigenvalue weighted by atomic mass is 32.2. The lowest BCUT2D eigenvalue weighted by molar-refractivity contribution is -0.119. The summed E-state index contributed by atoms with van der Waals surface area (Å²) in [6.07, 6.45) is 1.93. The first kappa shape index (κ1) is 22.3. The van der Waals surface area contributed by atoms with Crippen molar-refractivity contribution < 1.29 is 27.5 Å². The fourth-order valence-corrected chi connectivity index (χ4v) is 4.75. The lowest BCUT2D eigenvalue weighted by Gasteiger charge is -2.26. The molecule has 3 rings (SSSR count). The molecule has 8 nitrogen and oxygen atoms in total. The van der Waals surface area contributed by atoms with Crippen molar-refractivity contribution in [3.63, 3.8) is 0 Å². The van der Waals surface area contributed by atoms with E-state index in [0.717, 1.165) is 4.90 Å². The zero-order chi connectivity index (χ0) is 21.6. The van der Waals surface area contributed by atoms with Crippen molar-refractivity contribution in [1.29, 1.82) is 0 Å². The molecule has 160 valence electrons. The molecule has 0 bridgehead atoms. The summed E-state index contributed by atoms with van der Waals surface area (Å²) < 4.78 is 37.0. The number of thioether (sulfide) groups is 1. The van der Waals surface area contributed by atoms with Crippen molar-refractivity contribution in [1.82, 2.24) is 4.31 Å². The maximum atomic E-state index is 12.7. The molecule has 0 radical (unpaired) electrons. The van der Waals surface area contributed by atoms with Gasteiger partial charge in [-0.1, -0.05) is 12.1 Å². The molecule has 1 aliphatic rings. The number of esters is 1.